The van der Waals surface area contributed by atoms with Gasteiger partial charge in [-0.1, -0.05) is 0 Å². The van der Waals surface area contributed by atoms with Crippen molar-refractivity contribution < 1.29 is 71.5 Å². The van der Waals surface area contributed by atoms with E-state index in [-0.39, 0.29) is 22.5 Å². The van der Waals surface area contributed by atoms with Gasteiger partial charge in [-0.05, 0) is 0 Å². The second-order valence-corrected chi connectivity index (χ2v) is 12.8. The normalized spacial score (nSPS) is 31.1. The van der Waals surface area contributed by atoms with Crippen LogP contribution >= 0.6 is 15.6 Å². The summed E-state index contributed by atoms with van der Waals surface area (Å²) in [4.78, 5) is 43.5. The molecule has 2 fully saturated rings. The fourth-order valence-corrected chi connectivity index (χ4v) is 6.71. The number of imidazole rings is 1. The summed E-state index contributed by atoms with van der Waals surface area (Å²) in [6.07, 6.45) is -6.69. The number of carbonyl (C=O) groups excluding carboxylic acids is 1. The third-order valence-corrected chi connectivity index (χ3v) is 9.49. The molecular formula is C21H29N8O14P2+. The van der Waals surface area contributed by atoms with Gasteiger partial charge in [-0.25, -0.2) is 29.9 Å². The zero-order valence-electron chi connectivity index (χ0n) is 22.7. The molecule has 0 aromatic carbocycles. The van der Waals surface area contributed by atoms with Crippen LogP contribution < -0.4 is 21.6 Å². The maximum Gasteiger partial charge on any atom is 0.481 e. The van der Waals surface area contributed by atoms with E-state index in [1.165, 1.54) is 40.0 Å². The Bertz CT molecular complexity index is 1630. The highest BCUT2D eigenvalue weighted by Crippen LogP contribution is 2.60. The van der Waals surface area contributed by atoms with Crippen molar-refractivity contribution in [2.75, 3.05) is 18.9 Å². The molecule has 2 saturated heterocycles. The number of ether oxygens (including phenoxy) is 2. The van der Waals surface area contributed by atoms with Crippen LogP contribution in [-0.2, 0) is 32.0 Å². The number of fused-ring (bicyclic) bond motifs is 1. The van der Waals surface area contributed by atoms with Crippen LogP contribution in [0.15, 0.2) is 37.2 Å². The first-order chi connectivity index (χ1) is 21.2. The van der Waals surface area contributed by atoms with E-state index in [1.807, 2.05) is 5.43 Å². The number of hydrogen-bond donors (Lipinski definition) is 9. The molecule has 11 N–H and O–H groups in total. The number of rotatable bonds is 11. The number of carbonyl (C=O) groups is 1. The molecule has 246 valence electrons. The maximum atomic E-state index is 12.4. The van der Waals surface area contributed by atoms with Gasteiger partial charge in [0.15, 0.2) is 36.2 Å². The predicted octanol–water partition coefficient (Wildman–Crippen LogP) is -3.51. The third-order valence-electron chi connectivity index (χ3n) is 6.89. The number of anilines is 1. The number of hydrogen-bond acceptors (Lipinski definition) is 17. The number of aliphatic hydroxyl groups is 4. The van der Waals surface area contributed by atoms with Crippen LogP contribution in [0.3, 0.4) is 0 Å². The summed E-state index contributed by atoms with van der Waals surface area (Å²) in [6, 6.07) is 2.70. The van der Waals surface area contributed by atoms with Crippen molar-refractivity contribution >= 4 is 38.5 Å². The van der Waals surface area contributed by atoms with Crippen LogP contribution in [-0.4, -0.2) is 105 Å². The van der Waals surface area contributed by atoms with Crippen molar-refractivity contribution in [3.63, 3.8) is 0 Å². The van der Waals surface area contributed by atoms with Gasteiger partial charge >= 0.3 is 15.6 Å². The summed E-state index contributed by atoms with van der Waals surface area (Å²) < 4.78 is 52.2. The molecule has 24 heteroatoms. The van der Waals surface area contributed by atoms with Crippen LogP contribution in [0.4, 0.5) is 5.82 Å². The molecule has 22 nitrogen and oxygen atoms in total. The zero-order valence-corrected chi connectivity index (χ0v) is 24.5. The number of aromatic nitrogens is 5. The standard InChI is InChI=1S/C21H28N8O14P2/c22-17-12-18(25-7-24-17)29(8-26-12)21-16(33)14(31)11(42-21)6-40-45(37,38)43-44(35,36)39-5-10-13(30)15(32)20(41-10)28-3-1-9(2-4-28)19(34)27-23/h1-4,7-8,10-11,13-16,20-21,23,30-33H,5-6H2,(H5,22,24,25,34,35,36,37,38)/p+1/t10-,11-,13-,14-,15-,16-,20-,21-/m1/s1. The maximum absolute atomic E-state index is 12.4. The van der Waals surface area contributed by atoms with Crippen molar-refractivity contribution in [2.24, 2.45) is 5.84 Å². The number of phosphoric ester groups is 2. The quantitative estimate of drug-likeness (QED) is 0.0312. The first kappa shape index (κ1) is 33.3. The van der Waals surface area contributed by atoms with Crippen LogP contribution in [0.1, 0.15) is 22.8 Å². The molecule has 2 aliphatic heterocycles. The molecule has 5 heterocycles. The van der Waals surface area contributed by atoms with Crippen molar-refractivity contribution in [3.8, 4) is 0 Å². The van der Waals surface area contributed by atoms with E-state index in [1.54, 1.807) is 0 Å². The lowest BCUT2D eigenvalue weighted by atomic mass is 10.1. The molecule has 0 bridgehead atoms. The predicted molar refractivity (Wildman–Crippen MR) is 143 cm³/mol. The minimum absolute atomic E-state index is 0.0506. The minimum atomic E-state index is -5.37. The molecule has 3 aromatic rings. The third kappa shape index (κ3) is 7.04. The zero-order chi connectivity index (χ0) is 32.7. The van der Waals surface area contributed by atoms with Gasteiger partial charge in [-0.2, -0.15) is 8.88 Å². The molecule has 0 aliphatic carbocycles. The SMILES string of the molecule is NNC(=O)c1cc[n+]([C@@H]2O[C@H](COP(=O)(O)OP(=O)(O)OC[C@H]3O[C@@H](n4cnc5c(N)ncnc54)[C@H](O)[C@@H]3O)[C@@H](O)[C@H]2O)cc1. The Balaban J connectivity index is 1.14. The van der Waals surface area contributed by atoms with E-state index in [4.69, 9.17) is 30.1 Å². The molecule has 2 unspecified atom stereocenters. The number of nitrogen functional groups attached to an aromatic ring is 2. The van der Waals surface area contributed by atoms with Crippen LogP contribution in [0, 0.1) is 0 Å². The van der Waals surface area contributed by atoms with Gasteiger partial charge in [0.05, 0.1) is 25.1 Å². The first-order valence-corrected chi connectivity index (χ1v) is 15.8. The Morgan fingerprint density at radius 2 is 1.56 bits per heavy atom. The molecule has 0 radical (unpaired) electrons. The van der Waals surface area contributed by atoms with Gasteiger partial charge in [0, 0.05) is 12.1 Å². The monoisotopic (exact) mass is 679 g/mol. The average Bonchev–Trinajstić information content (AvgIpc) is 3.64. The Morgan fingerprint density at radius 3 is 2.18 bits per heavy atom. The molecule has 3 aromatic heterocycles. The van der Waals surface area contributed by atoms with Crippen molar-refractivity contribution in [2.45, 2.75) is 49.1 Å². The van der Waals surface area contributed by atoms with Gasteiger partial charge < -0.3 is 45.4 Å². The summed E-state index contributed by atoms with van der Waals surface area (Å²) in [5, 5.41) is 41.7. The molecule has 0 saturated carbocycles. The van der Waals surface area contributed by atoms with Crippen molar-refractivity contribution in [3.05, 3.63) is 42.7 Å². The summed E-state index contributed by atoms with van der Waals surface area (Å²) in [5.41, 5.74) is 8.24. The van der Waals surface area contributed by atoms with Gasteiger partial charge in [0.2, 0.25) is 0 Å². The minimum Gasteiger partial charge on any atom is -0.387 e. The smallest absolute Gasteiger partial charge is 0.387 e. The Kier molecular flexibility index (Phi) is 9.61. The van der Waals surface area contributed by atoms with E-state index in [0.717, 1.165) is 6.33 Å². The van der Waals surface area contributed by atoms with Crippen LogP contribution in [0.5, 0.6) is 0 Å². The van der Waals surface area contributed by atoms with Crippen LogP contribution in [0.2, 0.25) is 0 Å². The number of pyridine rings is 1. The summed E-state index contributed by atoms with van der Waals surface area (Å²) in [6.45, 7) is -1.78. The van der Waals surface area contributed by atoms with Crippen LogP contribution in [0.25, 0.3) is 11.2 Å². The lowest BCUT2D eigenvalue weighted by Crippen LogP contribution is -2.46. The van der Waals surface area contributed by atoms with Crippen molar-refractivity contribution in [1.82, 2.24) is 24.9 Å². The first-order valence-electron chi connectivity index (χ1n) is 12.9. The fourth-order valence-electron chi connectivity index (χ4n) is 4.62. The van der Waals surface area contributed by atoms with E-state index in [2.05, 4.69) is 19.3 Å². The summed E-state index contributed by atoms with van der Waals surface area (Å²) in [5.74, 6) is 4.55. The Labute approximate surface area is 251 Å². The molecular weight excluding hydrogens is 650 g/mol. The second-order valence-electron chi connectivity index (χ2n) is 9.79. The summed E-state index contributed by atoms with van der Waals surface area (Å²) >= 11 is 0. The lowest BCUT2D eigenvalue weighted by molar-refractivity contribution is -0.765. The van der Waals surface area contributed by atoms with Gasteiger partial charge in [0.25, 0.3) is 12.1 Å². The topological polar surface area (TPSA) is 330 Å². The number of nitrogens with one attached hydrogen (secondary N) is 1. The molecule has 45 heavy (non-hydrogen) atoms. The Hall–Kier alpha value is -3.05. The highest BCUT2D eigenvalue weighted by atomic mass is 31.3. The number of phosphoric acid groups is 2. The Morgan fingerprint density at radius 1 is 0.956 bits per heavy atom. The van der Waals surface area contributed by atoms with E-state index < -0.39 is 83.8 Å². The van der Waals surface area contributed by atoms with E-state index >= 15 is 0 Å². The highest BCUT2D eigenvalue weighted by molar-refractivity contribution is 7.61. The number of nitrogens with zero attached hydrogens (tertiary/aromatic N) is 5. The van der Waals surface area contributed by atoms with Gasteiger partial charge in [-0.15, -0.1) is 0 Å². The number of amides is 1. The van der Waals surface area contributed by atoms with E-state index in [0.29, 0.717) is 0 Å². The van der Waals surface area contributed by atoms with Crippen molar-refractivity contribution in [1.29, 1.82) is 0 Å². The number of hydrazine groups is 1. The molecule has 0 spiro atoms. The number of aliphatic hydroxyl groups excluding tert-OH is 4. The van der Waals surface area contributed by atoms with Gasteiger partial charge in [-0.3, -0.25) is 23.8 Å². The van der Waals surface area contributed by atoms with Gasteiger partial charge in [0.1, 0.15) is 42.4 Å². The summed E-state index contributed by atoms with van der Waals surface area (Å²) in [7, 11) is -10.7. The molecule has 10 atom stereocenters. The average molecular weight is 679 g/mol. The molecule has 2 aliphatic rings. The second kappa shape index (κ2) is 13.0. The molecule has 1 amide bonds. The highest BCUT2D eigenvalue weighted by Gasteiger charge is 2.50. The molecule has 5 rings (SSSR count). The lowest BCUT2D eigenvalue weighted by Gasteiger charge is -2.20. The number of nitrogens with two attached hydrogens (primary N) is 2. The fraction of sp³-hybridized carbons (Fsp3) is 0.476. The van der Waals surface area contributed by atoms with E-state index in [9.17, 15) is 44.1 Å². The largest absolute Gasteiger partial charge is 0.481 e.